The van der Waals surface area contributed by atoms with Crippen molar-refractivity contribution >= 4 is 28.3 Å². The number of nitrogens with zero attached hydrogens (tertiary/aromatic N) is 4. The summed E-state index contributed by atoms with van der Waals surface area (Å²) >= 11 is 0.940. The molecule has 0 unspecified atom stereocenters. The predicted octanol–water partition coefficient (Wildman–Crippen LogP) is 2.82. The van der Waals surface area contributed by atoms with Gasteiger partial charge < -0.3 is 14.6 Å². The van der Waals surface area contributed by atoms with E-state index in [1.807, 2.05) is 6.92 Å². The van der Waals surface area contributed by atoms with E-state index in [1.54, 1.807) is 6.07 Å². The summed E-state index contributed by atoms with van der Waals surface area (Å²) in [5.74, 6) is 4.19. The molecular formula is C25H20F3N7O4S. The van der Waals surface area contributed by atoms with Gasteiger partial charge in [0, 0.05) is 36.1 Å². The van der Waals surface area contributed by atoms with Gasteiger partial charge in [-0.1, -0.05) is 11.3 Å². The van der Waals surface area contributed by atoms with Crippen molar-refractivity contribution in [3.8, 4) is 28.7 Å². The molecular weight excluding hydrogens is 551 g/mol. The van der Waals surface area contributed by atoms with Crippen LogP contribution in [-0.4, -0.2) is 50.9 Å². The number of aromatic amines is 1. The van der Waals surface area contributed by atoms with Gasteiger partial charge in [0.1, 0.15) is 18.0 Å². The molecule has 0 aliphatic rings. The molecule has 0 radical (unpaired) electrons. The molecule has 0 aliphatic heterocycles. The monoisotopic (exact) mass is 571 g/mol. The number of carbonyl (C=O) groups is 2. The number of rotatable bonds is 6. The number of likely N-dealkylation sites (N-methyl/N-ethyl adjacent to an activating group) is 1. The van der Waals surface area contributed by atoms with Crippen LogP contribution in [-0.2, 0) is 17.5 Å². The first-order valence-corrected chi connectivity index (χ1v) is 12.2. The van der Waals surface area contributed by atoms with Gasteiger partial charge in [-0.05, 0) is 43.0 Å². The van der Waals surface area contributed by atoms with Gasteiger partial charge in [-0.2, -0.15) is 18.3 Å². The molecule has 206 valence electrons. The molecule has 4 rings (SSSR count). The van der Waals surface area contributed by atoms with Gasteiger partial charge in [0.15, 0.2) is 5.01 Å². The van der Waals surface area contributed by atoms with Crippen molar-refractivity contribution in [3.63, 3.8) is 0 Å². The number of nitrogens with one attached hydrogen (secondary N) is 3. The Labute approximate surface area is 228 Å². The summed E-state index contributed by atoms with van der Waals surface area (Å²) in [6, 6.07) is 5.39. The van der Waals surface area contributed by atoms with Crippen LogP contribution in [0.15, 0.2) is 41.3 Å². The third kappa shape index (κ3) is 6.35. The average Bonchev–Trinajstić information content (AvgIpc) is 3.55. The molecule has 11 nitrogen and oxygen atoms in total. The number of hydrogen-bond donors (Lipinski definition) is 3. The lowest BCUT2D eigenvalue weighted by Crippen LogP contribution is -2.31. The molecule has 4 aromatic rings. The molecule has 0 saturated carbocycles. The second-order valence-corrected chi connectivity index (χ2v) is 9.18. The topological polar surface area (TPSA) is 144 Å². The molecule has 0 spiro atoms. The summed E-state index contributed by atoms with van der Waals surface area (Å²) in [7, 11) is 2.61. The highest BCUT2D eigenvalue weighted by atomic mass is 32.1. The number of H-pyrrole nitrogens is 1. The summed E-state index contributed by atoms with van der Waals surface area (Å²) in [5.41, 5.74) is -0.908. The summed E-state index contributed by atoms with van der Waals surface area (Å²) in [4.78, 5) is 38.0. The quantitative estimate of drug-likeness (QED) is 0.302. The lowest BCUT2D eigenvalue weighted by atomic mass is 9.98. The van der Waals surface area contributed by atoms with Gasteiger partial charge in [-0.25, -0.2) is 0 Å². The van der Waals surface area contributed by atoms with Gasteiger partial charge in [-0.15, -0.1) is 10.2 Å². The number of alkyl halides is 3. The van der Waals surface area contributed by atoms with Crippen molar-refractivity contribution in [2.24, 2.45) is 0 Å². The van der Waals surface area contributed by atoms with Crippen LogP contribution in [0, 0.1) is 18.8 Å². The summed E-state index contributed by atoms with van der Waals surface area (Å²) in [6.45, 7) is 1.39. The van der Waals surface area contributed by atoms with Crippen LogP contribution in [0.2, 0.25) is 0 Å². The lowest BCUT2D eigenvalue weighted by molar-refractivity contribution is -0.137. The maximum atomic E-state index is 13.5. The Bertz CT molecular complexity index is 1710. The van der Waals surface area contributed by atoms with Crippen LogP contribution in [0.3, 0.4) is 0 Å². The maximum Gasteiger partial charge on any atom is 0.416 e. The molecule has 0 bridgehead atoms. The van der Waals surface area contributed by atoms with Crippen LogP contribution in [0.25, 0.3) is 11.1 Å². The number of amides is 2. The Hall–Kier alpha value is -4.97. The Balaban J connectivity index is 1.75. The number of methoxy groups -OCH3 is 1. The van der Waals surface area contributed by atoms with Gasteiger partial charge >= 0.3 is 6.18 Å². The number of carbonyl (C=O) groups excluding carboxylic acids is 2. The number of anilines is 1. The Morgan fingerprint density at radius 3 is 2.58 bits per heavy atom. The van der Waals surface area contributed by atoms with Gasteiger partial charge in [0.2, 0.25) is 11.0 Å². The van der Waals surface area contributed by atoms with E-state index < -0.39 is 35.7 Å². The molecule has 1 aromatic carbocycles. The minimum Gasteiger partial charge on any atom is -0.496 e. The number of halogens is 3. The van der Waals surface area contributed by atoms with Crippen molar-refractivity contribution in [2.45, 2.75) is 19.6 Å². The normalized spacial score (nSPS) is 10.9. The van der Waals surface area contributed by atoms with E-state index in [-0.39, 0.29) is 32.6 Å². The zero-order valence-corrected chi connectivity index (χ0v) is 22.0. The zero-order valence-electron chi connectivity index (χ0n) is 21.1. The fraction of sp³-hybridized carbons (Fsp3) is 0.200. The summed E-state index contributed by atoms with van der Waals surface area (Å²) in [5, 5.41) is 19.7. The Morgan fingerprint density at radius 2 is 1.93 bits per heavy atom. The standard InChI is InChI=1S/C25H20F3N7O4S/c1-13-8-15(32-31-13)5-7-21-33-34-24(40-21)30-23(38)17-10-22(37)35(12-20(36)29-2)11-18(17)16-9-14(25(26,27)28)4-6-19(16)39-3/h4,6,8-11H,12H2,1-3H3,(H,29,36)(H,31,32)(H,30,34,38). The average molecular weight is 572 g/mol. The van der Waals surface area contributed by atoms with E-state index in [9.17, 15) is 27.6 Å². The van der Waals surface area contributed by atoms with Crippen LogP contribution in [0.4, 0.5) is 18.3 Å². The molecule has 40 heavy (non-hydrogen) atoms. The highest BCUT2D eigenvalue weighted by molar-refractivity contribution is 7.15. The Morgan fingerprint density at radius 1 is 1.15 bits per heavy atom. The molecule has 3 N–H and O–H groups in total. The summed E-state index contributed by atoms with van der Waals surface area (Å²) < 4.78 is 46.9. The lowest BCUT2D eigenvalue weighted by Gasteiger charge is -2.17. The van der Waals surface area contributed by atoms with Crippen LogP contribution >= 0.6 is 11.3 Å². The van der Waals surface area contributed by atoms with E-state index in [0.717, 1.165) is 52.1 Å². The van der Waals surface area contributed by atoms with Crippen LogP contribution in [0.1, 0.15) is 32.3 Å². The second kappa shape index (κ2) is 11.4. The van der Waals surface area contributed by atoms with Crippen molar-refractivity contribution in [2.75, 3.05) is 19.5 Å². The molecule has 0 atom stereocenters. The fourth-order valence-electron chi connectivity index (χ4n) is 3.52. The zero-order chi connectivity index (χ0) is 29.0. The maximum absolute atomic E-state index is 13.5. The number of ether oxygens (including phenoxy) is 1. The highest BCUT2D eigenvalue weighted by Crippen LogP contribution is 2.38. The number of hydrogen-bond acceptors (Lipinski definition) is 8. The second-order valence-electron chi connectivity index (χ2n) is 8.21. The first-order valence-electron chi connectivity index (χ1n) is 11.4. The largest absolute Gasteiger partial charge is 0.496 e. The van der Waals surface area contributed by atoms with E-state index in [2.05, 4.69) is 42.9 Å². The fourth-order valence-corrected chi connectivity index (χ4v) is 4.11. The molecule has 0 fully saturated rings. The number of aryl methyl sites for hydroxylation is 1. The predicted molar refractivity (Wildman–Crippen MR) is 139 cm³/mol. The minimum absolute atomic E-state index is 0.00858. The van der Waals surface area contributed by atoms with Gasteiger partial charge in [0.05, 0.1) is 18.2 Å². The van der Waals surface area contributed by atoms with Crippen LogP contribution < -0.4 is 20.9 Å². The third-order valence-corrected chi connectivity index (χ3v) is 6.18. The SMILES string of the molecule is CNC(=O)Cn1cc(-c2cc(C(F)(F)F)ccc2OC)c(C(=O)Nc2nnc(C#Cc3cc(C)[nH]n3)s2)cc1=O. The van der Waals surface area contributed by atoms with Crippen molar-refractivity contribution in [1.29, 1.82) is 0 Å². The molecule has 3 aromatic heterocycles. The van der Waals surface area contributed by atoms with Crippen molar-refractivity contribution < 1.29 is 27.5 Å². The molecule has 0 saturated heterocycles. The van der Waals surface area contributed by atoms with E-state index in [1.165, 1.54) is 14.2 Å². The first kappa shape index (κ1) is 28.0. The smallest absolute Gasteiger partial charge is 0.416 e. The molecule has 0 aliphatic carbocycles. The van der Waals surface area contributed by atoms with Crippen molar-refractivity contribution in [3.05, 3.63) is 74.4 Å². The van der Waals surface area contributed by atoms with E-state index >= 15 is 0 Å². The van der Waals surface area contributed by atoms with Gasteiger partial charge in [0.25, 0.3) is 11.5 Å². The first-order chi connectivity index (χ1) is 19.0. The molecule has 15 heteroatoms. The number of pyridine rings is 1. The number of aromatic nitrogens is 5. The van der Waals surface area contributed by atoms with E-state index in [4.69, 9.17) is 4.74 Å². The van der Waals surface area contributed by atoms with Crippen LogP contribution in [0.5, 0.6) is 5.75 Å². The third-order valence-electron chi connectivity index (χ3n) is 5.43. The van der Waals surface area contributed by atoms with E-state index in [0.29, 0.717) is 5.69 Å². The minimum atomic E-state index is -4.70. The number of benzene rings is 1. The highest BCUT2D eigenvalue weighted by Gasteiger charge is 2.32. The van der Waals surface area contributed by atoms with Crippen molar-refractivity contribution in [1.82, 2.24) is 30.3 Å². The summed E-state index contributed by atoms with van der Waals surface area (Å²) in [6.07, 6.45) is -3.56. The van der Waals surface area contributed by atoms with Gasteiger partial charge in [-0.3, -0.25) is 24.8 Å². The Kier molecular flexibility index (Phi) is 8.00. The molecule has 3 heterocycles. The molecule has 2 amide bonds.